The summed E-state index contributed by atoms with van der Waals surface area (Å²) < 4.78 is 15.9. The molecule has 1 aromatic carbocycles. The number of thiocarbonyl (C=S) groups is 1. The average Bonchev–Trinajstić information content (AvgIpc) is 3.18. The molecule has 0 spiro atoms. The number of amides is 2. The van der Waals surface area contributed by atoms with Gasteiger partial charge in [0.25, 0.3) is 11.8 Å². The first kappa shape index (κ1) is 19.3. The smallest absolute Gasteiger partial charge is 0.293 e. The molecule has 9 heteroatoms. The summed E-state index contributed by atoms with van der Waals surface area (Å²) >= 11 is 4.91. The number of hydrazine groups is 1. The van der Waals surface area contributed by atoms with Gasteiger partial charge in [0, 0.05) is 0 Å². The largest absolute Gasteiger partial charge is 0.490 e. The van der Waals surface area contributed by atoms with Gasteiger partial charge >= 0.3 is 0 Å². The van der Waals surface area contributed by atoms with Gasteiger partial charge in [0.05, 0.1) is 12.9 Å². The summed E-state index contributed by atoms with van der Waals surface area (Å²) in [5.74, 6) is 0.124. The highest BCUT2D eigenvalue weighted by atomic mass is 32.1. The van der Waals surface area contributed by atoms with E-state index in [-0.39, 0.29) is 17.5 Å². The number of benzene rings is 1. The normalized spacial score (nSPS) is 9.88. The summed E-state index contributed by atoms with van der Waals surface area (Å²) in [5, 5.41) is 2.28. The van der Waals surface area contributed by atoms with Crippen molar-refractivity contribution in [2.45, 2.75) is 13.3 Å². The Labute approximate surface area is 155 Å². The van der Waals surface area contributed by atoms with E-state index in [4.69, 9.17) is 26.1 Å². The zero-order valence-corrected chi connectivity index (χ0v) is 14.9. The van der Waals surface area contributed by atoms with Gasteiger partial charge in [-0.05, 0) is 42.9 Å². The Balaban J connectivity index is 1.74. The third kappa shape index (κ3) is 6.10. The topological polar surface area (TPSA) is 102 Å². The molecule has 0 fully saturated rings. The first-order chi connectivity index (χ1) is 12.6. The summed E-state index contributed by atoms with van der Waals surface area (Å²) in [4.78, 5) is 23.5. The van der Waals surface area contributed by atoms with Crippen LogP contribution in [0.3, 0.4) is 0 Å². The van der Waals surface area contributed by atoms with Crippen LogP contribution in [0.15, 0.2) is 47.1 Å². The number of nitrogens with one attached hydrogen (secondary N) is 3. The number of hydrogen-bond donors (Lipinski definition) is 3. The summed E-state index contributed by atoms with van der Waals surface area (Å²) in [6, 6.07) is 10.1. The molecular weight excluding hydrogens is 358 g/mol. The zero-order valence-electron chi connectivity index (χ0n) is 14.1. The highest BCUT2D eigenvalue weighted by Gasteiger charge is 2.11. The Morgan fingerprint density at radius 2 is 1.81 bits per heavy atom. The Hall–Kier alpha value is -3.07. The molecule has 0 aliphatic rings. The van der Waals surface area contributed by atoms with Crippen LogP contribution in [0.1, 0.15) is 23.9 Å². The Kier molecular flexibility index (Phi) is 7.44. The van der Waals surface area contributed by atoms with Gasteiger partial charge in [-0.1, -0.05) is 19.1 Å². The molecule has 0 unspecified atom stereocenters. The van der Waals surface area contributed by atoms with E-state index in [0.29, 0.717) is 18.1 Å². The predicted octanol–water partition coefficient (Wildman–Crippen LogP) is 1.78. The van der Waals surface area contributed by atoms with E-state index in [2.05, 4.69) is 16.2 Å². The molecule has 0 aliphatic carbocycles. The second-order valence-corrected chi connectivity index (χ2v) is 5.43. The Morgan fingerprint density at radius 3 is 2.46 bits per heavy atom. The molecule has 2 rings (SSSR count). The standard InChI is InChI=1S/C17H19N3O5S/c1-2-9-23-12-6-3-4-7-13(12)25-11-15(21)19-20-17(26)18-16(22)14-8-5-10-24-14/h3-8,10H,2,9,11H2,1H3,(H,19,21)(H2,18,20,22,26). The van der Waals surface area contributed by atoms with Gasteiger partial charge in [-0.15, -0.1) is 0 Å². The summed E-state index contributed by atoms with van der Waals surface area (Å²) in [6.45, 7) is 2.29. The lowest BCUT2D eigenvalue weighted by molar-refractivity contribution is -0.123. The lowest BCUT2D eigenvalue weighted by Crippen LogP contribution is -2.49. The Bertz CT molecular complexity index is 749. The first-order valence-electron chi connectivity index (χ1n) is 7.88. The van der Waals surface area contributed by atoms with Crippen LogP contribution in [-0.2, 0) is 4.79 Å². The molecule has 0 bridgehead atoms. The predicted molar refractivity (Wildman–Crippen MR) is 97.8 cm³/mol. The molecule has 2 aromatic rings. The molecule has 8 nitrogen and oxygen atoms in total. The maximum Gasteiger partial charge on any atom is 0.293 e. The fourth-order valence-corrected chi connectivity index (χ4v) is 1.95. The lowest BCUT2D eigenvalue weighted by Gasteiger charge is -2.13. The molecule has 0 atom stereocenters. The van der Waals surface area contributed by atoms with Crippen LogP contribution in [0.5, 0.6) is 11.5 Å². The number of carbonyl (C=O) groups is 2. The molecular formula is C17H19N3O5S. The summed E-state index contributed by atoms with van der Waals surface area (Å²) in [7, 11) is 0. The SMILES string of the molecule is CCCOc1ccccc1OCC(=O)NNC(=S)NC(=O)c1ccco1. The van der Waals surface area contributed by atoms with Crippen molar-refractivity contribution in [1.82, 2.24) is 16.2 Å². The van der Waals surface area contributed by atoms with Gasteiger partial charge in [0.15, 0.2) is 29.0 Å². The van der Waals surface area contributed by atoms with E-state index < -0.39 is 11.8 Å². The van der Waals surface area contributed by atoms with E-state index in [1.54, 1.807) is 24.3 Å². The van der Waals surface area contributed by atoms with Crippen molar-refractivity contribution in [2.75, 3.05) is 13.2 Å². The van der Waals surface area contributed by atoms with Crippen LogP contribution < -0.4 is 25.6 Å². The van der Waals surface area contributed by atoms with Gasteiger partial charge < -0.3 is 13.9 Å². The number of furan rings is 1. The number of rotatable bonds is 7. The third-order valence-corrected chi connectivity index (χ3v) is 3.16. The molecule has 1 aromatic heterocycles. The molecule has 0 radical (unpaired) electrons. The molecule has 0 aliphatic heterocycles. The maximum absolute atomic E-state index is 11.8. The van der Waals surface area contributed by atoms with Gasteiger partial charge in [0.1, 0.15) is 0 Å². The molecule has 3 N–H and O–H groups in total. The number of hydrogen-bond acceptors (Lipinski definition) is 6. The van der Waals surface area contributed by atoms with Gasteiger partial charge in [-0.25, -0.2) is 0 Å². The molecule has 1 heterocycles. The van der Waals surface area contributed by atoms with Crippen molar-refractivity contribution >= 4 is 29.1 Å². The van der Waals surface area contributed by atoms with Crippen LogP contribution in [-0.4, -0.2) is 30.1 Å². The van der Waals surface area contributed by atoms with Gasteiger partial charge in [-0.3, -0.25) is 25.8 Å². The minimum atomic E-state index is -0.528. The lowest BCUT2D eigenvalue weighted by atomic mass is 10.3. The minimum Gasteiger partial charge on any atom is -0.490 e. The van der Waals surface area contributed by atoms with Crippen molar-refractivity contribution in [3.63, 3.8) is 0 Å². The fraction of sp³-hybridized carbons (Fsp3) is 0.235. The van der Waals surface area contributed by atoms with Crippen LogP contribution in [0, 0.1) is 0 Å². The monoisotopic (exact) mass is 377 g/mol. The van der Waals surface area contributed by atoms with Crippen molar-refractivity contribution in [1.29, 1.82) is 0 Å². The van der Waals surface area contributed by atoms with Crippen LogP contribution >= 0.6 is 12.2 Å². The van der Waals surface area contributed by atoms with E-state index in [9.17, 15) is 9.59 Å². The summed E-state index contributed by atoms with van der Waals surface area (Å²) in [5.41, 5.74) is 4.73. The zero-order chi connectivity index (χ0) is 18.8. The average molecular weight is 377 g/mol. The maximum atomic E-state index is 11.8. The van der Waals surface area contributed by atoms with Gasteiger partial charge in [-0.2, -0.15) is 0 Å². The fourth-order valence-electron chi connectivity index (χ4n) is 1.81. The van der Waals surface area contributed by atoms with Crippen LogP contribution in [0.4, 0.5) is 0 Å². The van der Waals surface area contributed by atoms with Crippen molar-refractivity contribution in [3.05, 3.63) is 48.4 Å². The second-order valence-electron chi connectivity index (χ2n) is 5.02. The minimum absolute atomic E-state index is 0.0774. The quantitative estimate of drug-likeness (QED) is 0.499. The highest BCUT2D eigenvalue weighted by Crippen LogP contribution is 2.26. The molecule has 0 saturated heterocycles. The molecule has 2 amide bonds. The van der Waals surface area contributed by atoms with E-state index in [0.717, 1.165) is 6.42 Å². The molecule has 138 valence electrons. The van der Waals surface area contributed by atoms with Gasteiger partial charge in [0.2, 0.25) is 0 Å². The van der Waals surface area contributed by atoms with E-state index >= 15 is 0 Å². The molecule has 0 saturated carbocycles. The number of ether oxygens (including phenoxy) is 2. The van der Waals surface area contributed by atoms with Crippen molar-refractivity contribution < 1.29 is 23.5 Å². The molecule has 26 heavy (non-hydrogen) atoms. The van der Waals surface area contributed by atoms with Crippen LogP contribution in [0.25, 0.3) is 0 Å². The Morgan fingerprint density at radius 1 is 1.08 bits per heavy atom. The first-order valence-corrected chi connectivity index (χ1v) is 8.29. The van der Waals surface area contributed by atoms with E-state index in [1.807, 2.05) is 13.0 Å². The van der Waals surface area contributed by atoms with Crippen molar-refractivity contribution in [3.8, 4) is 11.5 Å². The highest BCUT2D eigenvalue weighted by molar-refractivity contribution is 7.80. The number of para-hydroxylation sites is 2. The van der Waals surface area contributed by atoms with Crippen molar-refractivity contribution in [2.24, 2.45) is 0 Å². The van der Waals surface area contributed by atoms with Crippen LogP contribution in [0.2, 0.25) is 0 Å². The second kappa shape index (κ2) is 10.0. The summed E-state index contributed by atoms with van der Waals surface area (Å²) in [6.07, 6.45) is 2.23. The number of carbonyl (C=O) groups excluding carboxylic acids is 2. The third-order valence-electron chi connectivity index (χ3n) is 2.96. The van der Waals surface area contributed by atoms with E-state index in [1.165, 1.54) is 12.3 Å².